The molecule has 0 radical (unpaired) electrons. The molecular weight excluding hydrogens is 224 g/mol. The first-order valence-corrected chi connectivity index (χ1v) is 6.06. The van der Waals surface area contributed by atoms with Crippen molar-refractivity contribution in [3.8, 4) is 0 Å². The Morgan fingerprint density at radius 2 is 1.72 bits per heavy atom. The normalized spacial score (nSPS) is 10.3. The lowest BCUT2D eigenvalue weighted by molar-refractivity contribution is 0.299. The minimum Gasteiger partial charge on any atom is -0.398 e. The van der Waals surface area contributed by atoms with Crippen LogP contribution in [0.4, 0.5) is 11.4 Å². The first kappa shape index (κ1) is 12.5. The number of hydrogen-bond acceptors (Lipinski definition) is 3. The van der Waals surface area contributed by atoms with Gasteiger partial charge in [-0.25, -0.2) is 0 Å². The van der Waals surface area contributed by atoms with E-state index in [0.29, 0.717) is 13.0 Å². The van der Waals surface area contributed by atoms with Crippen LogP contribution in [0, 0.1) is 0 Å². The average molecular weight is 242 g/mol. The van der Waals surface area contributed by atoms with Gasteiger partial charge in [0.1, 0.15) is 0 Å². The van der Waals surface area contributed by atoms with E-state index in [9.17, 15) is 0 Å². The van der Waals surface area contributed by atoms with Crippen molar-refractivity contribution in [2.45, 2.75) is 13.0 Å². The zero-order valence-corrected chi connectivity index (χ0v) is 10.3. The maximum Gasteiger partial charge on any atom is 0.0471 e. The summed E-state index contributed by atoms with van der Waals surface area (Å²) in [5.74, 6) is 0. The van der Waals surface area contributed by atoms with Gasteiger partial charge in [-0.05, 0) is 35.7 Å². The van der Waals surface area contributed by atoms with Gasteiger partial charge in [-0.1, -0.05) is 30.3 Å². The lowest BCUT2D eigenvalue weighted by Gasteiger charge is -2.09. The van der Waals surface area contributed by atoms with Crippen molar-refractivity contribution >= 4 is 11.4 Å². The molecule has 0 aromatic heterocycles. The second kappa shape index (κ2) is 6.07. The van der Waals surface area contributed by atoms with Crippen LogP contribution in [0.5, 0.6) is 0 Å². The van der Waals surface area contributed by atoms with Crippen molar-refractivity contribution in [1.82, 2.24) is 0 Å². The maximum absolute atomic E-state index is 8.84. The second-order valence-corrected chi connectivity index (χ2v) is 4.22. The Bertz CT molecular complexity index is 494. The van der Waals surface area contributed by atoms with E-state index < -0.39 is 0 Å². The summed E-state index contributed by atoms with van der Waals surface area (Å²) in [5, 5.41) is 12.2. The van der Waals surface area contributed by atoms with Crippen molar-refractivity contribution < 1.29 is 5.11 Å². The number of nitrogens with two attached hydrogens (primary N) is 1. The third kappa shape index (κ3) is 3.25. The van der Waals surface area contributed by atoms with Crippen LogP contribution in [-0.2, 0) is 13.0 Å². The molecule has 0 aliphatic rings. The highest BCUT2D eigenvalue weighted by Gasteiger charge is 1.98. The summed E-state index contributed by atoms with van der Waals surface area (Å²) in [6.45, 7) is 0.902. The smallest absolute Gasteiger partial charge is 0.0471 e. The highest BCUT2D eigenvalue weighted by atomic mass is 16.2. The van der Waals surface area contributed by atoms with Crippen molar-refractivity contribution in [2.75, 3.05) is 17.7 Å². The molecule has 3 heteroatoms. The van der Waals surface area contributed by atoms with Gasteiger partial charge in [0.05, 0.1) is 0 Å². The summed E-state index contributed by atoms with van der Waals surface area (Å²) in [7, 11) is 0. The van der Waals surface area contributed by atoms with Gasteiger partial charge in [-0.15, -0.1) is 0 Å². The van der Waals surface area contributed by atoms with Crippen LogP contribution in [0.2, 0.25) is 0 Å². The minimum atomic E-state index is 0.188. The van der Waals surface area contributed by atoms with Gasteiger partial charge in [-0.2, -0.15) is 0 Å². The number of para-hydroxylation sites is 1. The van der Waals surface area contributed by atoms with Crippen LogP contribution in [-0.4, -0.2) is 11.7 Å². The van der Waals surface area contributed by atoms with E-state index in [2.05, 4.69) is 5.32 Å². The molecule has 94 valence electrons. The van der Waals surface area contributed by atoms with Gasteiger partial charge in [0.15, 0.2) is 0 Å². The van der Waals surface area contributed by atoms with Crippen molar-refractivity contribution in [3.63, 3.8) is 0 Å². The van der Waals surface area contributed by atoms with Crippen LogP contribution in [0.1, 0.15) is 11.1 Å². The van der Waals surface area contributed by atoms with E-state index in [1.807, 2.05) is 48.5 Å². The van der Waals surface area contributed by atoms with E-state index in [1.165, 1.54) is 0 Å². The van der Waals surface area contributed by atoms with Crippen molar-refractivity contribution in [3.05, 3.63) is 59.7 Å². The van der Waals surface area contributed by atoms with E-state index >= 15 is 0 Å². The molecule has 2 aromatic carbocycles. The molecule has 0 saturated heterocycles. The van der Waals surface area contributed by atoms with Crippen molar-refractivity contribution in [2.24, 2.45) is 0 Å². The number of nitrogen functional groups attached to an aromatic ring is 1. The number of hydrogen-bond donors (Lipinski definition) is 3. The summed E-state index contributed by atoms with van der Waals surface area (Å²) in [6.07, 6.45) is 0.700. The molecule has 0 amide bonds. The zero-order chi connectivity index (χ0) is 12.8. The molecule has 0 saturated carbocycles. The summed E-state index contributed by atoms with van der Waals surface area (Å²) >= 11 is 0. The second-order valence-electron chi connectivity index (χ2n) is 4.22. The Morgan fingerprint density at radius 1 is 1.00 bits per heavy atom. The Balaban J connectivity index is 1.96. The molecule has 0 unspecified atom stereocenters. The molecule has 3 nitrogen and oxygen atoms in total. The fraction of sp³-hybridized carbons (Fsp3) is 0.200. The number of aliphatic hydroxyl groups excluding tert-OH is 1. The summed E-state index contributed by atoms with van der Waals surface area (Å²) in [5.41, 5.74) is 9.98. The predicted octanol–water partition coefficient (Wildman–Crippen LogP) is 2.42. The molecule has 2 rings (SSSR count). The number of benzene rings is 2. The molecule has 0 atom stereocenters. The number of rotatable bonds is 5. The third-order valence-corrected chi connectivity index (χ3v) is 2.89. The Kier molecular flexibility index (Phi) is 4.20. The zero-order valence-electron chi connectivity index (χ0n) is 10.3. The van der Waals surface area contributed by atoms with Crippen LogP contribution < -0.4 is 11.1 Å². The Morgan fingerprint density at radius 3 is 2.39 bits per heavy atom. The quantitative estimate of drug-likeness (QED) is 0.706. The van der Waals surface area contributed by atoms with Crippen LogP contribution in [0.25, 0.3) is 0 Å². The lowest BCUT2D eigenvalue weighted by atomic mass is 10.1. The van der Waals surface area contributed by atoms with Gasteiger partial charge < -0.3 is 16.2 Å². The molecule has 0 heterocycles. The molecular formula is C15H18N2O. The molecule has 0 fully saturated rings. The third-order valence-electron chi connectivity index (χ3n) is 2.89. The first-order valence-electron chi connectivity index (χ1n) is 6.06. The van der Waals surface area contributed by atoms with E-state index in [1.54, 1.807) is 0 Å². The fourth-order valence-electron chi connectivity index (χ4n) is 1.81. The summed E-state index contributed by atoms with van der Waals surface area (Å²) < 4.78 is 0. The summed E-state index contributed by atoms with van der Waals surface area (Å²) in [4.78, 5) is 0. The van der Waals surface area contributed by atoms with Crippen LogP contribution in [0.3, 0.4) is 0 Å². The molecule has 0 aliphatic heterocycles. The van der Waals surface area contributed by atoms with Gasteiger partial charge in [0.2, 0.25) is 0 Å². The van der Waals surface area contributed by atoms with Gasteiger partial charge >= 0.3 is 0 Å². The van der Waals surface area contributed by atoms with Crippen molar-refractivity contribution in [1.29, 1.82) is 0 Å². The first-order chi connectivity index (χ1) is 8.79. The Labute approximate surface area is 107 Å². The van der Waals surface area contributed by atoms with E-state index in [-0.39, 0.29) is 6.61 Å². The van der Waals surface area contributed by atoms with Crippen LogP contribution >= 0.6 is 0 Å². The monoisotopic (exact) mass is 242 g/mol. The highest BCUT2D eigenvalue weighted by Crippen LogP contribution is 2.15. The predicted molar refractivity (Wildman–Crippen MR) is 75.4 cm³/mol. The topological polar surface area (TPSA) is 58.3 Å². The molecule has 0 spiro atoms. The highest BCUT2D eigenvalue weighted by molar-refractivity contribution is 5.50. The molecule has 4 N–H and O–H groups in total. The number of nitrogens with one attached hydrogen (secondary N) is 1. The summed E-state index contributed by atoms with van der Waals surface area (Å²) in [6, 6.07) is 15.9. The molecule has 2 aromatic rings. The maximum atomic E-state index is 8.84. The number of anilines is 2. The van der Waals surface area contributed by atoms with Gasteiger partial charge in [0, 0.05) is 24.5 Å². The van der Waals surface area contributed by atoms with E-state index in [4.69, 9.17) is 10.8 Å². The Hall–Kier alpha value is -2.00. The largest absolute Gasteiger partial charge is 0.398 e. The van der Waals surface area contributed by atoms with E-state index in [0.717, 1.165) is 22.5 Å². The average Bonchev–Trinajstić information content (AvgIpc) is 2.40. The standard InChI is InChI=1S/C15H18N2O/c16-15-4-2-1-3-13(15)11-17-14-7-5-12(6-8-14)9-10-18/h1-8,17-18H,9-11,16H2. The molecule has 0 aliphatic carbocycles. The fourth-order valence-corrected chi connectivity index (χ4v) is 1.81. The molecule has 18 heavy (non-hydrogen) atoms. The SMILES string of the molecule is Nc1ccccc1CNc1ccc(CCO)cc1. The minimum absolute atomic E-state index is 0.188. The van der Waals surface area contributed by atoms with Crippen LogP contribution in [0.15, 0.2) is 48.5 Å². The lowest BCUT2D eigenvalue weighted by Crippen LogP contribution is -2.02. The van der Waals surface area contributed by atoms with Gasteiger partial charge in [0.25, 0.3) is 0 Å². The van der Waals surface area contributed by atoms with Gasteiger partial charge in [-0.3, -0.25) is 0 Å². The number of aliphatic hydroxyl groups is 1. The molecule has 0 bridgehead atoms.